The highest BCUT2D eigenvalue weighted by Gasteiger charge is 2.15. The van der Waals surface area contributed by atoms with Crippen LogP contribution in [0.2, 0.25) is 0 Å². The number of guanidine groups is 1. The number of aliphatic carboxylic acids is 1. The highest BCUT2D eigenvalue weighted by atomic mass is 16.5. The van der Waals surface area contributed by atoms with Crippen LogP contribution in [0, 0.1) is 5.41 Å². The maximum absolute atomic E-state index is 12.3. The summed E-state index contributed by atoms with van der Waals surface area (Å²) in [5.74, 6) is -1.88. The number of hydrogen-bond donors (Lipinski definition) is 4. The van der Waals surface area contributed by atoms with Crippen LogP contribution in [-0.4, -0.2) is 42.5 Å². The summed E-state index contributed by atoms with van der Waals surface area (Å²) in [5.41, 5.74) is 6.85. The highest BCUT2D eigenvalue weighted by molar-refractivity contribution is 5.98. The summed E-state index contributed by atoms with van der Waals surface area (Å²) < 4.78 is 5.26. The first-order chi connectivity index (χ1) is 13.3. The first-order valence-corrected chi connectivity index (χ1v) is 8.25. The summed E-state index contributed by atoms with van der Waals surface area (Å²) in [6.07, 6.45) is -0.113. The van der Waals surface area contributed by atoms with Crippen molar-refractivity contribution in [2.45, 2.75) is 6.42 Å². The highest BCUT2D eigenvalue weighted by Crippen LogP contribution is 2.18. The fraction of sp³-hybridized carbons (Fsp3) is 0.158. The molecule has 0 radical (unpaired) electrons. The molecule has 0 aliphatic heterocycles. The standard InChI is InChI=1S/C19H20N4O5/c1-22-16(24)11-23(19(20)21)14-6-4-13(5-7-14)18(27)28-15-8-2-12(3-9-15)10-17(25)26/h2-9H,10-11H2,1H3,(H3,20,21)(H,22,24)(H,25,26). The number of carbonyl (C=O) groups is 3. The van der Waals surface area contributed by atoms with Gasteiger partial charge in [-0.25, -0.2) is 4.79 Å². The van der Waals surface area contributed by atoms with Crippen LogP contribution >= 0.6 is 0 Å². The van der Waals surface area contributed by atoms with Crippen molar-refractivity contribution in [2.24, 2.45) is 5.73 Å². The van der Waals surface area contributed by atoms with Crippen molar-refractivity contribution in [3.63, 3.8) is 0 Å². The van der Waals surface area contributed by atoms with Crippen LogP contribution in [0.5, 0.6) is 5.75 Å². The molecule has 0 saturated heterocycles. The molecule has 146 valence electrons. The number of rotatable bonds is 7. The van der Waals surface area contributed by atoms with Gasteiger partial charge in [0.1, 0.15) is 12.3 Å². The largest absolute Gasteiger partial charge is 0.481 e. The Labute approximate surface area is 161 Å². The molecule has 0 spiro atoms. The summed E-state index contributed by atoms with van der Waals surface area (Å²) in [6, 6.07) is 12.3. The van der Waals surface area contributed by atoms with E-state index in [1.165, 1.54) is 36.2 Å². The van der Waals surface area contributed by atoms with Crippen LogP contribution in [0.3, 0.4) is 0 Å². The lowest BCUT2D eigenvalue weighted by Gasteiger charge is -2.21. The second-order valence-corrected chi connectivity index (χ2v) is 5.80. The van der Waals surface area contributed by atoms with Gasteiger partial charge in [0.2, 0.25) is 5.91 Å². The number of nitrogens with zero attached hydrogens (tertiary/aromatic N) is 1. The molecule has 28 heavy (non-hydrogen) atoms. The van der Waals surface area contributed by atoms with Crippen molar-refractivity contribution < 1.29 is 24.2 Å². The summed E-state index contributed by atoms with van der Waals surface area (Å²) in [4.78, 5) is 35.8. The Kier molecular flexibility index (Phi) is 6.69. The minimum Gasteiger partial charge on any atom is -0.481 e. The van der Waals surface area contributed by atoms with Gasteiger partial charge in [-0.2, -0.15) is 0 Å². The van der Waals surface area contributed by atoms with Crippen molar-refractivity contribution in [3.8, 4) is 5.75 Å². The van der Waals surface area contributed by atoms with E-state index in [4.69, 9.17) is 21.0 Å². The van der Waals surface area contributed by atoms with Crippen molar-refractivity contribution >= 4 is 29.5 Å². The zero-order chi connectivity index (χ0) is 20.7. The minimum absolute atomic E-state index is 0.113. The molecule has 2 rings (SSSR count). The number of nitrogens with two attached hydrogens (primary N) is 1. The molecule has 0 aromatic heterocycles. The number of likely N-dealkylation sites (N-methyl/N-ethyl adjacent to an activating group) is 1. The number of anilines is 1. The number of carboxylic acids is 1. The van der Waals surface area contributed by atoms with Crippen LogP contribution in [0.25, 0.3) is 0 Å². The van der Waals surface area contributed by atoms with Gasteiger partial charge < -0.3 is 25.8 Å². The lowest BCUT2D eigenvalue weighted by molar-refractivity contribution is -0.136. The zero-order valence-electron chi connectivity index (χ0n) is 15.1. The fourth-order valence-electron chi connectivity index (χ4n) is 2.33. The van der Waals surface area contributed by atoms with E-state index >= 15 is 0 Å². The predicted molar refractivity (Wildman–Crippen MR) is 103 cm³/mol. The number of esters is 1. The second-order valence-electron chi connectivity index (χ2n) is 5.80. The molecular weight excluding hydrogens is 364 g/mol. The van der Waals surface area contributed by atoms with Crippen LogP contribution in [0.1, 0.15) is 15.9 Å². The zero-order valence-corrected chi connectivity index (χ0v) is 15.1. The lowest BCUT2D eigenvalue weighted by atomic mass is 10.1. The average Bonchev–Trinajstić information content (AvgIpc) is 2.67. The normalized spacial score (nSPS) is 10.0. The number of amides is 1. The molecule has 0 aliphatic carbocycles. The smallest absolute Gasteiger partial charge is 0.343 e. The van der Waals surface area contributed by atoms with E-state index in [0.29, 0.717) is 11.3 Å². The Bertz CT molecular complexity index is 878. The molecule has 0 saturated carbocycles. The van der Waals surface area contributed by atoms with Crippen molar-refractivity contribution in [2.75, 3.05) is 18.5 Å². The van der Waals surface area contributed by atoms with Gasteiger partial charge in [-0.05, 0) is 42.0 Å². The van der Waals surface area contributed by atoms with E-state index in [-0.39, 0.29) is 36.1 Å². The third-order valence-electron chi connectivity index (χ3n) is 3.78. The Hall–Kier alpha value is -3.88. The van der Waals surface area contributed by atoms with E-state index < -0.39 is 11.9 Å². The van der Waals surface area contributed by atoms with Gasteiger partial charge in [0.05, 0.1) is 12.0 Å². The van der Waals surface area contributed by atoms with Gasteiger partial charge in [-0.3, -0.25) is 15.0 Å². The molecule has 0 atom stereocenters. The molecule has 1 amide bonds. The Balaban J connectivity index is 2.07. The molecule has 2 aromatic carbocycles. The number of carbonyl (C=O) groups excluding carboxylic acids is 2. The van der Waals surface area contributed by atoms with Crippen LogP contribution in [0.15, 0.2) is 48.5 Å². The van der Waals surface area contributed by atoms with Gasteiger partial charge >= 0.3 is 11.9 Å². The molecule has 0 fully saturated rings. The number of hydrogen-bond acceptors (Lipinski definition) is 5. The molecule has 9 heteroatoms. The Morgan fingerprint density at radius 2 is 1.71 bits per heavy atom. The molecule has 0 unspecified atom stereocenters. The monoisotopic (exact) mass is 384 g/mol. The SMILES string of the molecule is CNC(=O)CN(C(=N)N)c1ccc(C(=O)Oc2ccc(CC(=O)O)cc2)cc1. The Morgan fingerprint density at radius 3 is 2.21 bits per heavy atom. The number of nitrogens with one attached hydrogen (secondary N) is 2. The van der Waals surface area contributed by atoms with Gasteiger partial charge in [0.15, 0.2) is 5.96 Å². The van der Waals surface area contributed by atoms with Gasteiger partial charge in [-0.1, -0.05) is 12.1 Å². The quantitative estimate of drug-likeness (QED) is 0.241. The van der Waals surface area contributed by atoms with Gasteiger partial charge in [0.25, 0.3) is 0 Å². The maximum Gasteiger partial charge on any atom is 0.343 e. The molecule has 5 N–H and O–H groups in total. The number of ether oxygens (including phenoxy) is 1. The first-order valence-electron chi connectivity index (χ1n) is 8.25. The third-order valence-corrected chi connectivity index (χ3v) is 3.78. The minimum atomic E-state index is -0.944. The van der Waals surface area contributed by atoms with E-state index in [1.54, 1.807) is 24.3 Å². The van der Waals surface area contributed by atoms with Crippen molar-refractivity contribution in [1.29, 1.82) is 5.41 Å². The topological polar surface area (TPSA) is 146 Å². The van der Waals surface area contributed by atoms with E-state index in [2.05, 4.69) is 5.32 Å². The molecule has 0 aliphatic rings. The molecule has 0 heterocycles. The van der Waals surface area contributed by atoms with Crippen molar-refractivity contribution in [3.05, 3.63) is 59.7 Å². The predicted octanol–water partition coefficient (Wildman–Crippen LogP) is 0.979. The molecular formula is C19H20N4O5. The maximum atomic E-state index is 12.3. The van der Waals surface area contributed by atoms with E-state index in [1.807, 2.05) is 0 Å². The number of carboxylic acid groups (broad SMARTS) is 1. The van der Waals surface area contributed by atoms with Crippen LogP contribution in [-0.2, 0) is 16.0 Å². The van der Waals surface area contributed by atoms with Crippen molar-refractivity contribution in [1.82, 2.24) is 5.32 Å². The van der Waals surface area contributed by atoms with Gasteiger partial charge in [0, 0.05) is 12.7 Å². The van der Waals surface area contributed by atoms with Gasteiger partial charge in [-0.15, -0.1) is 0 Å². The van der Waals surface area contributed by atoms with Crippen LogP contribution < -0.4 is 20.7 Å². The summed E-state index contributed by atoms with van der Waals surface area (Å²) in [5, 5.41) is 18.8. The fourth-order valence-corrected chi connectivity index (χ4v) is 2.33. The average molecular weight is 384 g/mol. The Morgan fingerprint density at radius 1 is 1.11 bits per heavy atom. The second kappa shape index (κ2) is 9.17. The van der Waals surface area contributed by atoms with E-state index in [0.717, 1.165) is 0 Å². The summed E-state index contributed by atoms with van der Waals surface area (Å²) in [6.45, 7) is -0.127. The molecule has 0 bridgehead atoms. The summed E-state index contributed by atoms with van der Waals surface area (Å²) >= 11 is 0. The molecule has 9 nitrogen and oxygen atoms in total. The number of benzene rings is 2. The molecule has 2 aromatic rings. The van der Waals surface area contributed by atoms with E-state index in [9.17, 15) is 14.4 Å². The summed E-state index contributed by atoms with van der Waals surface area (Å²) in [7, 11) is 1.48. The lowest BCUT2D eigenvalue weighted by Crippen LogP contribution is -2.43. The third kappa shape index (κ3) is 5.56. The first kappa shape index (κ1) is 20.4. The van der Waals surface area contributed by atoms with Crippen LogP contribution in [0.4, 0.5) is 5.69 Å².